The Morgan fingerprint density at radius 3 is 2.60 bits per heavy atom. The largest absolute Gasteiger partial charge is 0.369 e. The molecule has 9 nitrogen and oxygen atoms in total. The molecule has 2 aromatic heterocycles. The molecule has 212 valence electrons. The van der Waals surface area contributed by atoms with Gasteiger partial charge in [0.05, 0.1) is 17.2 Å². The predicted molar refractivity (Wildman–Crippen MR) is 152 cm³/mol. The van der Waals surface area contributed by atoms with E-state index in [2.05, 4.69) is 20.5 Å². The fraction of sp³-hybridized carbons (Fsp3) is 0.400. The smallest absolute Gasteiger partial charge is 0.255 e. The molecule has 2 amide bonds. The molecule has 0 aliphatic carbocycles. The molecule has 1 saturated heterocycles. The molecule has 0 bridgehead atoms. The van der Waals surface area contributed by atoms with Crippen LogP contribution in [0, 0.1) is 5.82 Å². The van der Waals surface area contributed by atoms with Crippen LogP contribution in [0.25, 0.3) is 0 Å². The average Bonchev–Trinajstić information content (AvgIpc) is 2.95. The van der Waals surface area contributed by atoms with Gasteiger partial charge in [0.15, 0.2) is 0 Å². The number of carbonyl (C=O) groups is 2. The number of hydrogen-bond donors (Lipinski definition) is 2. The summed E-state index contributed by atoms with van der Waals surface area (Å²) in [6.45, 7) is 7.94. The van der Waals surface area contributed by atoms with Gasteiger partial charge in [-0.1, -0.05) is 18.2 Å². The maximum Gasteiger partial charge on any atom is 0.255 e. The van der Waals surface area contributed by atoms with Crippen molar-refractivity contribution in [3.63, 3.8) is 0 Å². The van der Waals surface area contributed by atoms with Crippen molar-refractivity contribution in [2.75, 3.05) is 29.9 Å². The topological polar surface area (TPSA) is 99.7 Å². The predicted octanol–water partition coefficient (Wildman–Crippen LogP) is 4.36. The van der Waals surface area contributed by atoms with Gasteiger partial charge in [0.1, 0.15) is 17.5 Å². The van der Waals surface area contributed by atoms with Crippen molar-refractivity contribution in [3.05, 3.63) is 83.4 Å². The minimum Gasteiger partial charge on any atom is -0.369 e. The van der Waals surface area contributed by atoms with E-state index in [1.165, 1.54) is 17.2 Å². The fourth-order valence-corrected chi connectivity index (χ4v) is 4.59. The van der Waals surface area contributed by atoms with E-state index < -0.39 is 5.60 Å². The number of aromatic nitrogens is 2. The van der Waals surface area contributed by atoms with Crippen molar-refractivity contribution in [3.8, 4) is 0 Å². The monoisotopic (exact) mass is 548 g/mol. The summed E-state index contributed by atoms with van der Waals surface area (Å²) in [4.78, 5) is 41.7. The Morgan fingerprint density at radius 2 is 1.93 bits per heavy atom. The van der Waals surface area contributed by atoms with Crippen molar-refractivity contribution >= 4 is 24.0 Å². The maximum atomic E-state index is 13.6. The fourth-order valence-electron chi connectivity index (χ4n) is 4.59. The van der Waals surface area contributed by atoms with Gasteiger partial charge in [0.2, 0.25) is 6.41 Å². The minimum absolute atomic E-state index is 0.0191. The third kappa shape index (κ3) is 8.22. The average molecular weight is 549 g/mol. The first-order chi connectivity index (χ1) is 19.2. The molecule has 3 heterocycles. The van der Waals surface area contributed by atoms with E-state index in [4.69, 9.17) is 9.82 Å². The lowest BCUT2D eigenvalue weighted by atomic mass is 10.0. The number of halogens is 1. The molecule has 0 atom stereocenters. The van der Waals surface area contributed by atoms with E-state index in [0.29, 0.717) is 44.0 Å². The molecule has 1 fully saturated rings. The van der Waals surface area contributed by atoms with Gasteiger partial charge in [-0.15, -0.1) is 0 Å². The molecule has 10 heteroatoms. The Labute approximate surface area is 234 Å². The second-order valence-electron chi connectivity index (χ2n) is 10.8. The van der Waals surface area contributed by atoms with Crippen LogP contribution in [-0.2, 0) is 22.6 Å². The molecule has 0 unspecified atom stereocenters. The first-order valence-corrected chi connectivity index (χ1v) is 13.6. The SMILES string of the molecule is CC(C)(C)ON(C=O)C1CCN(c2ccc(C(=O)NCc3cccnc3)c(NCCc3cccc(F)c3)n2)CC1. The van der Waals surface area contributed by atoms with Gasteiger partial charge >= 0.3 is 0 Å². The third-order valence-corrected chi connectivity index (χ3v) is 6.53. The number of hydroxylamine groups is 2. The Hall–Kier alpha value is -4.05. The van der Waals surface area contributed by atoms with Crippen LogP contribution >= 0.6 is 0 Å². The standard InChI is InChI=1S/C30H37FN6O3/c1-30(2,3)40-37(21-38)25-12-16-36(17-13-25)27-10-9-26(29(39)34-20-23-7-5-14-32-19-23)28(35-27)33-15-11-22-6-4-8-24(31)18-22/h4-10,14,18-19,21,25H,11-13,15-17,20H2,1-3H3,(H,33,35)(H,34,39). The summed E-state index contributed by atoms with van der Waals surface area (Å²) in [7, 11) is 0. The summed E-state index contributed by atoms with van der Waals surface area (Å²) in [5.74, 6) is 0.670. The molecular formula is C30H37FN6O3. The Balaban J connectivity index is 1.46. The number of piperidine rings is 1. The quantitative estimate of drug-likeness (QED) is 0.271. The highest BCUT2D eigenvalue weighted by Gasteiger charge is 2.28. The maximum absolute atomic E-state index is 13.6. The molecule has 0 spiro atoms. The van der Waals surface area contributed by atoms with Gasteiger partial charge < -0.3 is 15.5 Å². The molecule has 40 heavy (non-hydrogen) atoms. The van der Waals surface area contributed by atoms with Gasteiger partial charge in [-0.3, -0.25) is 19.4 Å². The van der Waals surface area contributed by atoms with Crippen LogP contribution in [0.1, 0.15) is 55.1 Å². The Bertz CT molecular complexity index is 1280. The third-order valence-electron chi connectivity index (χ3n) is 6.53. The van der Waals surface area contributed by atoms with E-state index in [1.807, 2.05) is 45.0 Å². The molecule has 1 aliphatic heterocycles. The van der Waals surface area contributed by atoms with Crippen molar-refractivity contribution in [1.82, 2.24) is 20.3 Å². The lowest BCUT2D eigenvalue weighted by Crippen LogP contribution is -2.47. The lowest BCUT2D eigenvalue weighted by Gasteiger charge is -2.38. The lowest BCUT2D eigenvalue weighted by molar-refractivity contribution is -0.234. The summed E-state index contributed by atoms with van der Waals surface area (Å²) in [5, 5.41) is 7.66. The first kappa shape index (κ1) is 28.9. The highest BCUT2D eigenvalue weighted by atomic mass is 19.1. The van der Waals surface area contributed by atoms with E-state index in [1.54, 1.807) is 24.5 Å². The number of nitrogens with zero attached hydrogens (tertiary/aromatic N) is 4. The number of nitrogens with one attached hydrogen (secondary N) is 2. The highest BCUT2D eigenvalue weighted by Crippen LogP contribution is 2.25. The second kappa shape index (κ2) is 13.3. The molecule has 0 radical (unpaired) electrons. The van der Waals surface area contributed by atoms with Crippen molar-refractivity contribution in [2.45, 2.75) is 58.2 Å². The molecule has 0 saturated carbocycles. The van der Waals surface area contributed by atoms with Crippen molar-refractivity contribution < 1.29 is 18.8 Å². The Kier molecular flexibility index (Phi) is 9.65. The number of pyridine rings is 2. The summed E-state index contributed by atoms with van der Waals surface area (Å²) >= 11 is 0. The normalized spacial score (nSPS) is 14.1. The summed E-state index contributed by atoms with van der Waals surface area (Å²) in [6.07, 6.45) is 6.18. The molecule has 1 aliphatic rings. The second-order valence-corrected chi connectivity index (χ2v) is 10.8. The van der Waals surface area contributed by atoms with Gasteiger partial charge in [0, 0.05) is 38.6 Å². The van der Waals surface area contributed by atoms with E-state index >= 15 is 0 Å². The number of hydrogen-bond acceptors (Lipinski definition) is 7. The van der Waals surface area contributed by atoms with E-state index in [-0.39, 0.29) is 17.8 Å². The van der Waals surface area contributed by atoms with Crippen LogP contribution < -0.4 is 15.5 Å². The number of anilines is 2. The van der Waals surface area contributed by atoms with Crippen LogP contribution in [-0.4, -0.2) is 58.6 Å². The zero-order chi connectivity index (χ0) is 28.5. The Morgan fingerprint density at radius 1 is 1.15 bits per heavy atom. The van der Waals surface area contributed by atoms with Crippen LogP contribution in [0.2, 0.25) is 0 Å². The minimum atomic E-state index is -0.459. The van der Waals surface area contributed by atoms with Crippen molar-refractivity contribution in [1.29, 1.82) is 0 Å². The van der Waals surface area contributed by atoms with Crippen LogP contribution in [0.15, 0.2) is 60.9 Å². The van der Waals surface area contributed by atoms with Crippen LogP contribution in [0.4, 0.5) is 16.0 Å². The highest BCUT2D eigenvalue weighted by molar-refractivity contribution is 5.99. The molecule has 1 aromatic carbocycles. The van der Waals surface area contributed by atoms with Crippen LogP contribution in [0.5, 0.6) is 0 Å². The van der Waals surface area contributed by atoms with Gasteiger partial charge in [-0.25, -0.2) is 14.4 Å². The summed E-state index contributed by atoms with van der Waals surface area (Å²) in [5.41, 5.74) is 1.71. The molecule has 3 aromatic rings. The number of carbonyl (C=O) groups excluding carboxylic acids is 2. The zero-order valence-electron chi connectivity index (χ0n) is 23.3. The van der Waals surface area contributed by atoms with Gasteiger partial charge in [-0.2, -0.15) is 0 Å². The summed E-state index contributed by atoms with van der Waals surface area (Å²) in [6, 6.07) is 13.8. The van der Waals surface area contributed by atoms with Gasteiger partial charge in [0.25, 0.3) is 5.91 Å². The van der Waals surface area contributed by atoms with Crippen molar-refractivity contribution in [2.24, 2.45) is 0 Å². The summed E-state index contributed by atoms with van der Waals surface area (Å²) < 4.78 is 13.6. The van der Waals surface area contributed by atoms with E-state index in [0.717, 1.165) is 36.2 Å². The number of benzene rings is 1. The first-order valence-electron chi connectivity index (χ1n) is 13.6. The molecular weight excluding hydrogens is 511 g/mol. The molecule has 2 N–H and O–H groups in total. The number of rotatable bonds is 11. The van der Waals surface area contributed by atoms with E-state index in [9.17, 15) is 14.0 Å². The molecule has 4 rings (SSSR count). The van der Waals surface area contributed by atoms with Crippen LogP contribution in [0.3, 0.4) is 0 Å². The zero-order valence-corrected chi connectivity index (χ0v) is 23.3. The number of amides is 2. The van der Waals surface area contributed by atoms with Gasteiger partial charge in [-0.05, 0) is 81.5 Å².